The molecule has 2 heterocycles. The summed E-state index contributed by atoms with van der Waals surface area (Å²) in [4.78, 5) is 40.8. The average molecular weight is 650 g/mol. The van der Waals surface area contributed by atoms with Crippen molar-refractivity contribution in [3.8, 4) is 5.75 Å². The molecular weight excluding hydrogens is 621 g/mol. The lowest BCUT2D eigenvalue weighted by Gasteiger charge is -2.26. The number of rotatable bonds is 12. The molecule has 2 aromatic carbocycles. The maximum Gasteiger partial charge on any atom is 0.459 e. The van der Waals surface area contributed by atoms with Crippen molar-refractivity contribution >= 4 is 35.7 Å². The minimum absolute atomic E-state index is 0.00644. The second-order valence-corrected chi connectivity index (χ2v) is 11.3. The Balaban J connectivity index is 1.54. The second kappa shape index (κ2) is 14.0. The SMILES string of the molecule is COC(=O)[C@H](Cc1ccccc1)NP(=O)(OC[C@H]1O[C@@H](n2cc(/C=C/Br)c(=O)[nH]c2=O)CC1O)Oc1ccccc1. The number of H-pyrrole nitrogens is 1. The Hall–Kier alpha value is -3.32. The molecule has 41 heavy (non-hydrogen) atoms. The van der Waals surface area contributed by atoms with Gasteiger partial charge in [0.05, 0.1) is 25.4 Å². The summed E-state index contributed by atoms with van der Waals surface area (Å²) >= 11 is 3.10. The van der Waals surface area contributed by atoms with Gasteiger partial charge in [-0.2, -0.15) is 5.09 Å². The van der Waals surface area contributed by atoms with Crippen LogP contribution in [0.1, 0.15) is 23.8 Å². The van der Waals surface area contributed by atoms with Gasteiger partial charge in [-0.25, -0.2) is 9.36 Å². The predicted octanol–water partition coefficient (Wildman–Crippen LogP) is 3.13. The van der Waals surface area contributed by atoms with E-state index in [0.717, 1.165) is 10.1 Å². The summed E-state index contributed by atoms with van der Waals surface area (Å²) in [6, 6.07) is 16.2. The highest BCUT2D eigenvalue weighted by atomic mass is 79.9. The molecule has 5 atom stereocenters. The van der Waals surface area contributed by atoms with Crippen LogP contribution in [0.15, 0.2) is 81.4 Å². The number of carbonyl (C=O) groups excluding carboxylic acids is 1. The van der Waals surface area contributed by atoms with Crippen molar-refractivity contribution in [2.45, 2.75) is 37.3 Å². The minimum atomic E-state index is -4.28. The smallest absolute Gasteiger partial charge is 0.459 e. The van der Waals surface area contributed by atoms with Crippen molar-refractivity contribution < 1.29 is 33.0 Å². The lowest BCUT2D eigenvalue weighted by atomic mass is 10.1. The molecule has 1 fully saturated rings. The van der Waals surface area contributed by atoms with Gasteiger partial charge in [0.2, 0.25) is 0 Å². The molecule has 0 aliphatic carbocycles. The average Bonchev–Trinajstić information content (AvgIpc) is 3.33. The zero-order valence-electron chi connectivity index (χ0n) is 21.9. The zero-order valence-corrected chi connectivity index (χ0v) is 24.4. The van der Waals surface area contributed by atoms with E-state index in [-0.39, 0.29) is 24.2 Å². The number of aliphatic hydroxyl groups is 1. The Bertz CT molecular complexity index is 1510. The first-order valence-corrected chi connectivity index (χ1v) is 15.0. The zero-order chi connectivity index (χ0) is 29.4. The molecule has 1 aromatic heterocycles. The van der Waals surface area contributed by atoms with Gasteiger partial charge < -0.3 is 19.1 Å². The van der Waals surface area contributed by atoms with Gasteiger partial charge in [-0.15, -0.1) is 0 Å². The van der Waals surface area contributed by atoms with E-state index >= 15 is 0 Å². The van der Waals surface area contributed by atoms with Crippen molar-refractivity contribution in [3.63, 3.8) is 0 Å². The van der Waals surface area contributed by atoms with Gasteiger partial charge in [-0.3, -0.25) is 23.7 Å². The van der Waals surface area contributed by atoms with Crippen LogP contribution in [0.25, 0.3) is 6.08 Å². The highest BCUT2D eigenvalue weighted by Crippen LogP contribution is 2.46. The number of aliphatic hydroxyl groups excluding tert-OH is 1. The van der Waals surface area contributed by atoms with E-state index in [0.29, 0.717) is 0 Å². The van der Waals surface area contributed by atoms with E-state index in [9.17, 15) is 24.1 Å². The molecule has 0 bridgehead atoms. The molecule has 1 aliphatic rings. The number of methoxy groups -OCH3 is 1. The molecule has 3 aromatic rings. The van der Waals surface area contributed by atoms with Gasteiger partial charge in [0.1, 0.15) is 24.1 Å². The number of ether oxygens (including phenoxy) is 2. The van der Waals surface area contributed by atoms with Crippen molar-refractivity contribution in [1.82, 2.24) is 14.6 Å². The molecule has 14 heteroatoms. The predicted molar refractivity (Wildman–Crippen MR) is 154 cm³/mol. The van der Waals surface area contributed by atoms with E-state index < -0.39 is 56.0 Å². The molecule has 12 nitrogen and oxygen atoms in total. The second-order valence-electron chi connectivity index (χ2n) is 9.07. The van der Waals surface area contributed by atoms with Crippen LogP contribution in [-0.4, -0.2) is 52.6 Å². The number of benzene rings is 2. The van der Waals surface area contributed by atoms with Crippen molar-refractivity contribution in [2.24, 2.45) is 0 Å². The number of para-hydroxylation sites is 1. The minimum Gasteiger partial charge on any atom is -0.468 e. The molecule has 1 aliphatic heterocycles. The number of aromatic nitrogens is 2. The van der Waals surface area contributed by atoms with E-state index in [4.69, 9.17) is 18.5 Å². The van der Waals surface area contributed by atoms with Crippen LogP contribution in [0.3, 0.4) is 0 Å². The normalized spacial score (nSPS) is 20.9. The van der Waals surface area contributed by atoms with E-state index in [2.05, 4.69) is 26.0 Å². The number of carbonyl (C=O) groups is 1. The lowest BCUT2D eigenvalue weighted by molar-refractivity contribution is -0.142. The highest BCUT2D eigenvalue weighted by molar-refractivity contribution is 9.11. The number of nitrogens with one attached hydrogen (secondary N) is 2. The van der Waals surface area contributed by atoms with Crippen molar-refractivity contribution in [1.29, 1.82) is 0 Å². The van der Waals surface area contributed by atoms with Gasteiger partial charge in [0.15, 0.2) is 0 Å². The van der Waals surface area contributed by atoms with E-state index in [1.165, 1.54) is 24.4 Å². The summed E-state index contributed by atoms with van der Waals surface area (Å²) in [7, 11) is -3.06. The Morgan fingerprint density at radius 3 is 2.56 bits per heavy atom. The maximum atomic E-state index is 14.0. The summed E-state index contributed by atoms with van der Waals surface area (Å²) in [6.07, 6.45) is -0.175. The monoisotopic (exact) mass is 649 g/mol. The van der Waals surface area contributed by atoms with Crippen molar-refractivity contribution in [3.05, 3.63) is 104 Å². The molecule has 4 rings (SSSR count). The molecule has 2 unspecified atom stereocenters. The summed E-state index contributed by atoms with van der Waals surface area (Å²) < 4.78 is 37.4. The lowest BCUT2D eigenvalue weighted by Crippen LogP contribution is -2.39. The van der Waals surface area contributed by atoms with Crippen LogP contribution in [0.4, 0.5) is 0 Å². The maximum absolute atomic E-state index is 14.0. The Morgan fingerprint density at radius 1 is 1.22 bits per heavy atom. The molecule has 0 amide bonds. The van der Waals surface area contributed by atoms with Crippen molar-refractivity contribution in [2.75, 3.05) is 13.7 Å². The van der Waals surface area contributed by atoms with E-state index in [1.807, 2.05) is 30.3 Å². The molecular formula is C27H29BrN3O9P. The summed E-state index contributed by atoms with van der Waals surface area (Å²) in [5.74, 6) is -0.470. The quantitative estimate of drug-likeness (QED) is 0.197. The molecule has 3 N–H and O–H groups in total. The van der Waals surface area contributed by atoms with E-state index in [1.54, 1.807) is 30.3 Å². The first-order chi connectivity index (χ1) is 19.7. The summed E-state index contributed by atoms with van der Waals surface area (Å²) in [6.45, 7) is -0.416. The van der Waals surface area contributed by atoms with Gasteiger partial charge in [-0.05, 0) is 35.2 Å². The fourth-order valence-corrected chi connectivity index (χ4v) is 5.97. The van der Waals surface area contributed by atoms with Crippen LogP contribution in [0, 0.1) is 0 Å². The first kappa shape index (κ1) is 30.6. The molecule has 218 valence electrons. The fourth-order valence-electron chi connectivity index (χ4n) is 4.18. The number of esters is 1. The van der Waals surface area contributed by atoms with Crippen LogP contribution in [0.5, 0.6) is 5.75 Å². The molecule has 0 spiro atoms. The third-order valence-corrected chi connectivity index (χ3v) is 8.04. The molecule has 0 saturated carbocycles. The van der Waals surface area contributed by atoms with Gasteiger partial charge >= 0.3 is 19.4 Å². The van der Waals surface area contributed by atoms with Gasteiger partial charge in [0, 0.05) is 12.6 Å². The largest absolute Gasteiger partial charge is 0.468 e. The molecule has 1 saturated heterocycles. The Labute approximate surface area is 243 Å². The Kier molecular flexibility index (Phi) is 10.5. The standard InChI is InChI=1S/C27H29BrN3O9P/c1-37-26(34)21(14-18-8-4-2-5-9-18)30-41(36,40-20-10-6-3-7-11-20)38-17-23-22(32)15-24(39-23)31-16-19(12-13-28)25(33)29-27(31)35/h2-13,16,21-24,32H,14-15,17H2,1H3,(H,30,36)(H,29,33,35)/b13-12+/t21-,22?,23+,24+,41?/m0/s1. The van der Waals surface area contributed by atoms with Crippen LogP contribution >= 0.6 is 23.7 Å². The number of aromatic amines is 1. The van der Waals surface area contributed by atoms with Gasteiger partial charge in [0.25, 0.3) is 5.56 Å². The topological polar surface area (TPSA) is 158 Å². The fraction of sp³-hybridized carbons (Fsp3) is 0.296. The van der Waals surface area contributed by atoms with Crippen LogP contribution in [-0.2, 0) is 29.8 Å². The van der Waals surface area contributed by atoms with Crippen LogP contribution < -0.4 is 20.9 Å². The summed E-state index contributed by atoms with van der Waals surface area (Å²) in [5.41, 5.74) is -0.334. The third-order valence-electron chi connectivity index (χ3n) is 6.21. The number of halogens is 1. The Morgan fingerprint density at radius 2 is 1.90 bits per heavy atom. The third kappa shape index (κ3) is 8.13. The van der Waals surface area contributed by atoms with Crippen LogP contribution in [0.2, 0.25) is 0 Å². The first-order valence-electron chi connectivity index (χ1n) is 12.6. The van der Waals surface area contributed by atoms with Gasteiger partial charge in [-0.1, -0.05) is 64.5 Å². The number of hydrogen-bond donors (Lipinski definition) is 3. The highest BCUT2D eigenvalue weighted by Gasteiger charge is 2.40. The summed E-state index contributed by atoms with van der Waals surface area (Å²) in [5, 5.41) is 13.4. The molecule has 0 radical (unpaired) electrons. The number of hydrogen-bond acceptors (Lipinski definition) is 9. The number of nitrogens with zero attached hydrogens (tertiary/aromatic N) is 1.